The molecule has 0 saturated carbocycles. The first-order valence-corrected chi connectivity index (χ1v) is 8.49. The molecule has 1 aromatic carbocycles. The predicted octanol–water partition coefficient (Wildman–Crippen LogP) is 1.76. The number of nitrogens with one attached hydrogen (secondary N) is 1. The van der Waals surface area contributed by atoms with Crippen molar-refractivity contribution in [2.24, 2.45) is 7.05 Å². The molecule has 1 aliphatic heterocycles. The van der Waals surface area contributed by atoms with E-state index in [1.54, 1.807) is 16.0 Å². The Labute approximate surface area is 147 Å². The number of carbonyl (C=O) groups excluding carboxylic acids is 2. The first-order chi connectivity index (χ1) is 12.1. The third kappa shape index (κ3) is 3.50. The molecule has 25 heavy (non-hydrogen) atoms. The molecule has 1 atom stereocenters. The maximum Gasteiger partial charge on any atom is 0.318 e. The van der Waals surface area contributed by atoms with E-state index in [1.807, 2.05) is 55.1 Å². The van der Waals surface area contributed by atoms with Crippen molar-refractivity contribution in [2.75, 3.05) is 18.0 Å². The summed E-state index contributed by atoms with van der Waals surface area (Å²) in [6.07, 6.45) is 4.16. The van der Waals surface area contributed by atoms with Crippen molar-refractivity contribution in [3.05, 3.63) is 48.5 Å². The Kier molecular flexibility index (Phi) is 5.02. The van der Waals surface area contributed by atoms with E-state index in [0.717, 1.165) is 11.5 Å². The van der Waals surface area contributed by atoms with Gasteiger partial charge in [0.1, 0.15) is 11.9 Å². The number of rotatable bonds is 5. The second-order valence-electron chi connectivity index (χ2n) is 6.03. The molecule has 2 heterocycles. The van der Waals surface area contributed by atoms with Gasteiger partial charge in [0.05, 0.1) is 6.54 Å². The molecule has 7 heteroatoms. The summed E-state index contributed by atoms with van der Waals surface area (Å²) in [6.45, 7) is 3.32. The van der Waals surface area contributed by atoms with Crippen LogP contribution in [0.1, 0.15) is 19.2 Å². The highest BCUT2D eigenvalue weighted by Gasteiger charge is 2.38. The summed E-state index contributed by atoms with van der Waals surface area (Å²) in [4.78, 5) is 32.9. The monoisotopic (exact) mass is 341 g/mol. The number of urea groups is 1. The van der Waals surface area contributed by atoms with Gasteiger partial charge < -0.3 is 19.7 Å². The van der Waals surface area contributed by atoms with Gasteiger partial charge in [-0.25, -0.2) is 9.78 Å². The predicted molar refractivity (Wildman–Crippen MR) is 95.0 cm³/mol. The fourth-order valence-electron chi connectivity index (χ4n) is 3.15. The largest absolute Gasteiger partial charge is 0.337 e. The van der Waals surface area contributed by atoms with Gasteiger partial charge in [-0.1, -0.05) is 18.2 Å². The van der Waals surface area contributed by atoms with Crippen LogP contribution in [0.4, 0.5) is 10.5 Å². The lowest BCUT2D eigenvalue weighted by molar-refractivity contribution is -0.120. The number of anilines is 1. The fraction of sp³-hybridized carbons (Fsp3) is 0.389. The lowest BCUT2D eigenvalue weighted by Crippen LogP contribution is -2.49. The highest BCUT2D eigenvalue weighted by Crippen LogP contribution is 2.24. The van der Waals surface area contributed by atoms with E-state index in [2.05, 4.69) is 10.3 Å². The van der Waals surface area contributed by atoms with Crippen LogP contribution in [0.15, 0.2) is 42.7 Å². The Balaban J connectivity index is 1.65. The van der Waals surface area contributed by atoms with Crippen LogP contribution in [-0.4, -0.2) is 45.5 Å². The van der Waals surface area contributed by atoms with Crippen LogP contribution in [0.2, 0.25) is 0 Å². The maximum absolute atomic E-state index is 12.8. The molecule has 1 aromatic heterocycles. The Morgan fingerprint density at radius 3 is 2.76 bits per heavy atom. The van der Waals surface area contributed by atoms with Gasteiger partial charge in [-0.2, -0.15) is 0 Å². The standard InChI is InChI=1S/C18H23N5O2/c1-3-22(18(25)20-13-16-19-10-12-21(16)2)15-9-11-23(17(15)24)14-7-5-4-6-8-14/h4-8,10,12,15H,3,9,11,13H2,1-2H3,(H,20,25). The Hall–Kier alpha value is -2.83. The molecule has 1 saturated heterocycles. The highest BCUT2D eigenvalue weighted by molar-refractivity contribution is 6.01. The minimum absolute atomic E-state index is 0.0276. The SMILES string of the molecule is CCN(C(=O)NCc1nccn1C)C1CCN(c2ccccc2)C1=O. The number of aromatic nitrogens is 2. The van der Waals surface area contributed by atoms with E-state index in [1.165, 1.54) is 0 Å². The fourth-order valence-corrected chi connectivity index (χ4v) is 3.15. The van der Waals surface area contributed by atoms with Crippen molar-refractivity contribution in [3.8, 4) is 0 Å². The van der Waals surface area contributed by atoms with Crippen LogP contribution in [0.3, 0.4) is 0 Å². The number of nitrogens with zero attached hydrogens (tertiary/aromatic N) is 4. The molecule has 2 aromatic rings. The van der Waals surface area contributed by atoms with Gasteiger partial charge >= 0.3 is 6.03 Å². The van der Waals surface area contributed by atoms with Crippen LogP contribution in [0.25, 0.3) is 0 Å². The van der Waals surface area contributed by atoms with Gasteiger partial charge in [0.15, 0.2) is 0 Å². The van der Waals surface area contributed by atoms with Crippen molar-refractivity contribution in [2.45, 2.75) is 25.9 Å². The van der Waals surface area contributed by atoms with Crippen LogP contribution >= 0.6 is 0 Å². The molecule has 3 amide bonds. The quantitative estimate of drug-likeness (QED) is 0.901. The first-order valence-electron chi connectivity index (χ1n) is 8.49. The van der Waals surface area contributed by atoms with Crippen molar-refractivity contribution in [3.63, 3.8) is 0 Å². The Morgan fingerprint density at radius 1 is 1.36 bits per heavy atom. The van der Waals surface area contributed by atoms with Crippen molar-refractivity contribution in [1.29, 1.82) is 0 Å². The Bertz CT molecular complexity index is 743. The number of benzene rings is 1. The van der Waals surface area contributed by atoms with Crippen LogP contribution in [0, 0.1) is 0 Å². The number of amides is 3. The normalized spacial score (nSPS) is 17.0. The third-order valence-electron chi connectivity index (χ3n) is 4.54. The molecule has 1 fully saturated rings. The van der Waals surface area contributed by atoms with E-state index in [4.69, 9.17) is 0 Å². The lowest BCUT2D eigenvalue weighted by Gasteiger charge is -2.27. The summed E-state index contributed by atoms with van der Waals surface area (Å²) in [6, 6.07) is 8.91. The minimum atomic E-state index is -0.424. The summed E-state index contributed by atoms with van der Waals surface area (Å²) in [5.41, 5.74) is 0.875. The van der Waals surface area contributed by atoms with Gasteiger partial charge in [-0.3, -0.25) is 4.79 Å². The Morgan fingerprint density at radius 2 is 2.12 bits per heavy atom. The molecule has 1 unspecified atom stereocenters. The average Bonchev–Trinajstić information content (AvgIpc) is 3.21. The summed E-state index contributed by atoms with van der Waals surface area (Å²) in [5.74, 6) is 0.744. The van der Waals surface area contributed by atoms with E-state index >= 15 is 0 Å². The number of hydrogen-bond donors (Lipinski definition) is 1. The van der Waals surface area contributed by atoms with Gasteiger partial charge in [0.25, 0.3) is 0 Å². The summed E-state index contributed by atoms with van der Waals surface area (Å²) in [5, 5.41) is 2.86. The van der Waals surface area contributed by atoms with E-state index in [9.17, 15) is 9.59 Å². The number of aryl methyl sites for hydroxylation is 1. The van der Waals surface area contributed by atoms with Crippen molar-refractivity contribution < 1.29 is 9.59 Å². The molecule has 0 aliphatic carbocycles. The molecule has 0 spiro atoms. The molecule has 132 valence electrons. The number of hydrogen-bond acceptors (Lipinski definition) is 3. The molecule has 3 rings (SSSR count). The van der Waals surface area contributed by atoms with Crippen LogP contribution in [0.5, 0.6) is 0 Å². The van der Waals surface area contributed by atoms with Gasteiger partial charge in [-0.15, -0.1) is 0 Å². The van der Waals surface area contributed by atoms with E-state index < -0.39 is 6.04 Å². The molecular formula is C18H23N5O2. The molecular weight excluding hydrogens is 318 g/mol. The molecule has 0 bridgehead atoms. The smallest absolute Gasteiger partial charge is 0.318 e. The molecule has 1 aliphatic rings. The summed E-state index contributed by atoms with van der Waals surface area (Å²) < 4.78 is 1.86. The topological polar surface area (TPSA) is 70.5 Å². The van der Waals surface area contributed by atoms with Crippen molar-refractivity contribution in [1.82, 2.24) is 19.8 Å². The zero-order chi connectivity index (χ0) is 17.8. The van der Waals surface area contributed by atoms with Crippen LogP contribution < -0.4 is 10.2 Å². The maximum atomic E-state index is 12.8. The number of likely N-dealkylation sites (N-methyl/N-ethyl adjacent to an activating group) is 1. The number of carbonyl (C=O) groups is 2. The van der Waals surface area contributed by atoms with Crippen LogP contribution in [-0.2, 0) is 18.4 Å². The summed E-state index contributed by atoms with van der Waals surface area (Å²) >= 11 is 0. The van der Waals surface area contributed by atoms with E-state index in [0.29, 0.717) is 26.1 Å². The highest BCUT2D eigenvalue weighted by atomic mass is 16.2. The third-order valence-corrected chi connectivity index (χ3v) is 4.54. The van der Waals surface area contributed by atoms with E-state index in [-0.39, 0.29) is 11.9 Å². The lowest BCUT2D eigenvalue weighted by atomic mass is 10.2. The van der Waals surface area contributed by atoms with Crippen molar-refractivity contribution >= 4 is 17.6 Å². The second kappa shape index (κ2) is 7.38. The zero-order valence-electron chi connectivity index (χ0n) is 14.6. The second-order valence-corrected chi connectivity index (χ2v) is 6.03. The van der Waals surface area contributed by atoms with Gasteiger partial charge in [-0.05, 0) is 25.5 Å². The molecule has 1 N–H and O–H groups in total. The average molecular weight is 341 g/mol. The molecule has 0 radical (unpaired) electrons. The zero-order valence-corrected chi connectivity index (χ0v) is 14.6. The summed E-state index contributed by atoms with van der Waals surface area (Å²) in [7, 11) is 1.88. The van der Waals surface area contributed by atoms with Gasteiger partial charge in [0.2, 0.25) is 5.91 Å². The first kappa shape index (κ1) is 17.0. The van der Waals surface area contributed by atoms with Gasteiger partial charge in [0, 0.05) is 38.2 Å². The number of para-hydroxylation sites is 1. The minimum Gasteiger partial charge on any atom is -0.337 e. The molecule has 7 nitrogen and oxygen atoms in total. The number of imidazole rings is 1.